The number of rotatable bonds is 6. The van der Waals surface area contributed by atoms with Gasteiger partial charge in [-0.25, -0.2) is 15.0 Å². The zero-order chi connectivity index (χ0) is 29.7. The third-order valence-corrected chi connectivity index (χ3v) is 9.24. The van der Waals surface area contributed by atoms with Crippen LogP contribution in [0.25, 0.3) is 39.5 Å². The van der Waals surface area contributed by atoms with Crippen LogP contribution in [-0.4, -0.2) is 56.5 Å². The molecule has 4 N–H and O–H groups in total. The van der Waals surface area contributed by atoms with Gasteiger partial charge in [-0.1, -0.05) is 24.3 Å². The van der Waals surface area contributed by atoms with Gasteiger partial charge in [-0.15, -0.1) is 0 Å². The van der Waals surface area contributed by atoms with Crippen molar-refractivity contribution in [3.05, 3.63) is 84.6 Å². The summed E-state index contributed by atoms with van der Waals surface area (Å²) in [5.41, 5.74) is 20.1. The van der Waals surface area contributed by atoms with Gasteiger partial charge in [0.2, 0.25) is 5.91 Å². The fraction of sp³-hybridized carbons (Fsp3) is 0.294. The van der Waals surface area contributed by atoms with Crippen molar-refractivity contribution in [1.29, 1.82) is 0 Å². The van der Waals surface area contributed by atoms with Gasteiger partial charge in [0.25, 0.3) is 0 Å². The van der Waals surface area contributed by atoms with Gasteiger partial charge >= 0.3 is 0 Å². The Morgan fingerprint density at radius 2 is 1.81 bits per heavy atom. The van der Waals surface area contributed by atoms with Crippen LogP contribution in [0.15, 0.2) is 79.0 Å². The van der Waals surface area contributed by atoms with E-state index in [2.05, 4.69) is 63.0 Å². The SMILES string of the molecule is CC(=O)N(C)[C@@H]1CCN(c2cccc(-c3ccc4nc(-c5cccnc5N)n(-c5ccc(C6(N)CCC6)cc5)c4n3)c2)C1. The van der Waals surface area contributed by atoms with E-state index in [0.29, 0.717) is 11.6 Å². The number of imidazole rings is 1. The van der Waals surface area contributed by atoms with E-state index in [0.717, 1.165) is 83.7 Å². The minimum absolute atomic E-state index is 0.0994. The van der Waals surface area contributed by atoms with Gasteiger partial charge in [-0.05, 0) is 79.8 Å². The summed E-state index contributed by atoms with van der Waals surface area (Å²) in [6.45, 7) is 3.34. The smallest absolute Gasteiger partial charge is 0.219 e. The lowest BCUT2D eigenvalue weighted by atomic mass is 9.73. The first-order valence-corrected chi connectivity index (χ1v) is 14.9. The maximum atomic E-state index is 11.9. The third kappa shape index (κ3) is 4.79. The lowest BCUT2D eigenvalue weighted by molar-refractivity contribution is -0.129. The molecule has 1 aliphatic carbocycles. The van der Waals surface area contributed by atoms with E-state index in [1.54, 1.807) is 13.1 Å². The van der Waals surface area contributed by atoms with Crippen molar-refractivity contribution in [1.82, 2.24) is 24.4 Å². The Kier molecular flexibility index (Phi) is 6.62. The van der Waals surface area contributed by atoms with Crippen LogP contribution in [0.3, 0.4) is 0 Å². The molecule has 0 radical (unpaired) electrons. The van der Waals surface area contributed by atoms with Crippen LogP contribution < -0.4 is 16.4 Å². The van der Waals surface area contributed by atoms with Gasteiger partial charge in [-0.2, -0.15) is 0 Å². The molecule has 2 aliphatic rings. The number of pyridine rings is 2. The fourth-order valence-corrected chi connectivity index (χ4v) is 6.35. The summed E-state index contributed by atoms with van der Waals surface area (Å²) in [5.74, 6) is 1.20. The Bertz CT molecular complexity index is 1820. The van der Waals surface area contributed by atoms with Crippen LogP contribution in [0.2, 0.25) is 0 Å². The van der Waals surface area contributed by atoms with Gasteiger partial charge in [0.1, 0.15) is 11.3 Å². The lowest BCUT2D eigenvalue weighted by Crippen LogP contribution is -2.43. The molecule has 218 valence electrons. The average molecular weight is 573 g/mol. The molecule has 9 heteroatoms. The largest absolute Gasteiger partial charge is 0.383 e. The number of benzene rings is 2. The van der Waals surface area contributed by atoms with E-state index in [-0.39, 0.29) is 17.5 Å². The van der Waals surface area contributed by atoms with E-state index in [1.165, 1.54) is 0 Å². The standard InChI is InChI=1S/C34H36N8O/c1-22(43)40(2)27-15-19-41(21-27)26-7-3-6-23(20-26)29-13-14-30-33(38-29)42(32(39-30)28-8-4-18-37-31(28)35)25-11-9-24(10-12-25)34(36)16-5-17-34/h3-4,6-14,18,20,27H,5,15-17,19,21,36H2,1-2H3,(H2,35,37)/t27-/m1/s1. The molecule has 1 amide bonds. The molecular formula is C34H36N8O. The van der Waals surface area contributed by atoms with Gasteiger partial charge in [0, 0.05) is 55.7 Å². The second kappa shape index (κ2) is 10.5. The summed E-state index contributed by atoms with van der Waals surface area (Å²) < 4.78 is 2.06. The molecule has 4 heterocycles. The maximum absolute atomic E-state index is 11.9. The summed E-state index contributed by atoms with van der Waals surface area (Å²) in [6.07, 6.45) is 5.81. The molecule has 1 atom stereocenters. The van der Waals surface area contributed by atoms with E-state index in [4.69, 9.17) is 21.4 Å². The monoisotopic (exact) mass is 572 g/mol. The van der Waals surface area contributed by atoms with Crippen LogP contribution in [0.4, 0.5) is 11.5 Å². The first-order chi connectivity index (χ1) is 20.8. The van der Waals surface area contributed by atoms with Crippen LogP contribution in [0.5, 0.6) is 0 Å². The Morgan fingerprint density at radius 3 is 2.53 bits per heavy atom. The van der Waals surface area contributed by atoms with Crippen LogP contribution >= 0.6 is 0 Å². The van der Waals surface area contributed by atoms with Gasteiger partial charge < -0.3 is 21.3 Å². The molecular weight excluding hydrogens is 536 g/mol. The molecule has 2 fully saturated rings. The van der Waals surface area contributed by atoms with Gasteiger partial charge in [0.05, 0.1) is 17.3 Å². The highest BCUT2D eigenvalue weighted by atomic mass is 16.2. The number of anilines is 2. The molecule has 1 saturated carbocycles. The molecule has 1 saturated heterocycles. The van der Waals surface area contributed by atoms with Crippen LogP contribution in [-0.2, 0) is 10.3 Å². The second-order valence-corrected chi connectivity index (χ2v) is 11.9. The zero-order valence-corrected chi connectivity index (χ0v) is 24.6. The Balaban J connectivity index is 1.30. The molecule has 9 nitrogen and oxygen atoms in total. The average Bonchev–Trinajstić information content (AvgIpc) is 3.65. The number of hydrogen-bond acceptors (Lipinski definition) is 7. The number of likely N-dealkylation sites (N-methyl/N-ethyl adjacent to an activating group) is 1. The number of amides is 1. The number of hydrogen-bond donors (Lipinski definition) is 2. The predicted molar refractivity (Wildman–Crippen MR) is 171 cm³/mol. The number of nitrogens with zero attached hydrogens (tertiary/aromatic N) is 6. The number of fused-ring (bicyclic) bond motifs is 1. The van der Waals surface area contributed by atoms with E-state index in [9.17, 15) is 4.79 Å². The summed E-state index contributed by atoms with van der Waals surface area (Å²) in [4.78, 5) is 30.6. The maximum Gasteiger partial charge on any atom is 0.219 e. The summed E-state index contributed by atoms with van der Waals surface area (Å²) in [5, 5.41) is 0. The van der Waals surface area contributed by atoms with Crippen molar-refractivity contribution < 1.29 is 4.79 Å². The summed E-state index contributed by atoms with van der Waals surface area (Å²) in [6, 6.07) is 24.9. The molecule has 0 bridgehead atoms. The van der Waals surface area contributed by atoms with Gasteiger partial charge in [-0.3, -0.25) is 9.36 Å². The van der Waals surface area contributed by atoms with Crippen molar-refractivity contribution >= 4 is 28.6 Å². The predicted octanol–water partition coefficient (Wildman–Crippen LogP) is 5.13. The number of nitrogen functional groups attached to an aromatic ring is 1. The molecule has 0 spiro atoms. The van der Waals surface area contributed by atoms with E-state index >= 15 is 0 Å². The first-order valence-electron chi connectivity index (χ1n) is 14.9. The highest BCUT2D eigenvalue weighted by molar-refractivity contribution is 5.85. The third-order valence-electron chi connectivity index (χ3n) is 9.24. The number of nitrogens with two attached hydrogens (primary N) is 2. The number of aromatic nitrogens is 4. The number of carbonyl (C=O) groups excluding carboxylic acids is 1. The van der Waals surface area contributed by atoms with Crippen molar-refractivity contribution in [2.75, 3.05) is 30.8 Å². The zero-order valence-electron chi connectivity index (χ0n) is 24.6. The van der Waals surface area contributed by atoms with Crippen LogP contribution in [0, 0.1) is 0 Å². The van der Waals surface area contributed by atoms with Crippen molar-refractivity contribution in [2.24, 2.45) is 5.73 Å². The molecule has 43 heavy (non-hydrogen) atoms. The van der Waals surface area contributed by atoms with E-state index < -0.39 is 0 Å². The quantitative estimate of drug-likeness (QED) is 0.290. The van der Waals surface area contributed by atoms with Crippen molar-refractivity contribution in [2.45, 2.75) is 44.2 Å². The Morgan fingerprint density at radius 1 is 1.00 bits per heavy atom. The molecule has 7 rings (SSSR count). The van der Waals surface area contributed by atoms with Crippen molar-refractivity contribution in [3.63, 3.8) is 0 Å². The second-order valence-electron chi connectivity index (χ2n) is 11.9. The highest BCUT2D eigenvalue weighted by Crippen LogP contribution is 2.39. The summed E-state index contributed by atoms with van der Waals surface area (Å²) >= 11 is 0. The van der Waals surface area contributed by atoms with Crippen molar-refractivity contribution in [3.8, 4) is 28.3 Å². The molecule has 0 unspecified atom stereocenters. The first kappa shape index (κ1) is 27.1. The molecule has 2 aromatic carbocycles. The fourth-order valence-electron chi connectivity index (χ4n) is 6.35. The molecule has 1 aliphatic heterocycles. The molecule has 3 aromatic heterocycles. The van der Waals surface area contributed by atoms with Gasteiger partial charge in [0.15, 0.2) is 11.5 Å². The highest BCUT2D eigenvalue weighted by Gasteiger charge is 2.34. The Labute approximate surface area is 251 Å². The molecule has 5 aromatic rings. The topological polar surface area (TPSA) is 119 Å². The Hall–Kier alpha value is -4.76. The minimum atomic E-state index is -0.237. The van der Waals surface area contributed by atoms with Crippen LogP contribution in [0.1, 0.15) is 38.2 Å². The normalized spacial score (nSPS) is 17.7. The minimum Gasteiger partial charge on any atom is -0.383 e. The lowest BCUT2D eigenvalue weighted by Gasteiger charge is -2.38. The summed E-state index contributed by atoms with van der Waals surface area (Å²) in [7, 11) is 1.89. The number of carbonyl (C=O) groups is 1. The van der Waals surface area contributed by atoms with E-state index in [1.807, 2.05) is 36.2 Å².